The van der Waals surface area contributed by atoms with Gasteiger partial charge in [0.2, 0.25) is 10.0 Å². The molecule has 0 amide bonds. The number of benzene rings is 1. The molecule has 0 unspecified atom stereocenters. The van der Waals surface area contributed by atoms with Gasteiger partial charge in [-0.25, -0.2) is 23.5 Å². The summed E-state index contributed by atoms with van der Waals surface area (Å²) in [6.45, 7) is 2.09. The summed E-state index contributed by atoms with van der Waals surface area (Å²) in [7, 11) is -1.76. The maximum Gasteiger partial charge on any atom is 0.238 e. The third-order valence-electron chi connectivity index (χ3n) is 4.43. The Hall–Kier alpha value is -2.71. The number of nitrogens with two attached hydrogens (primary N) is 1. The lowest BCUT2D eigenvalue weighted by atomic mass is 10.1. The third-order valence-corrected chi connectivity index (χ3v) is 5.36. The SMILES string of the molecule is CCc1cnc2ncc3c(-c4ccc(S(N)(=O)=O)cc4)[nH]n(C)c3c12. The van der Waals surface area contributed by atoms with Gasteiger partial charge in [0.15, 0.2) is 5.65 Å². The molecule has 0 bridgehead atoms. The van der Waals surface area contributed by atoms with E-state index >= 15 is 0 Å². The highest BCUT2D eigenvalue weighted by Crippen LogP contribution is 2.33. The first-order chi connectivity index (χ1) is 11.9. The number of aromatic nitrogens is 4. The highest BCUT2D eigenvalue weighted by atomic mass is 32.2. The fourth-order valence-electron chi connectivity index (χ4n) is 3.20. The van der Waals surface area contributed by atoms with Gasteiger partial charge in [-0.2, -0.15) is 0 Å². The van der Waals surface area contributed by atoms with Gasteiger partial charge in [0.1, 0.15) is 0 Å². The van der Waals surface area contributed by atoms with Crippen molar-refractivity contribution in [1.29, 1.82) is 0 Å². The highest BCUT2D eigenvalue weighted by Gasteiger charge is 2.17. The number of nitrogens with one attached hydrogen (secondary N) is 1. The number of rotatable bonds is 3. The fourth-order valence-corrected chi connectivity index (χ4v) is 3.72. The Bertz CT molecular complexity index is 1200. The van der Waals surface area contributed by atoms with E-state index in [0.29, 0.717) is 0 Å². The molecule has 0 fully saturated rings. The number of sulfonamides is 1. The van der Waals surface area contributed by atoms with E-state index in [1.54, 1.807) is 18.3 Å². The predicted octanol–water partition coefficient (Wildman–Crippen LogP) is 2.33. The summed E-state index contributed by atoms with van der Waals surface area (Å²) in [6, 6.07) is 6.48. The minimum Gasteiger partial charge on any atom is -0.297 e. The van der Waals surface area contributed by atoms with Crippen LogP contribution in [0.2, 0.25) is 0 Å². The van der Waals surface area contributed by atoms with E-state index in [1.165, 1.54) is 12.1 Å². The molecule has 0 aliphatic rings. The van der Waals surface area contributed by atoms with Crippen molar-refractivity contribution in [2.75, 3.05) is 0 Å². The first kappa shape index (κ1) is 15.8. The molecule has 3 aromatic heterocycles. The molecular weight excluding hydrogens is 338 g/mol. The number of hydrogen-bond acceptors (Lipinski definition) is 4. The Balaban J connectivity index is 1.97. The molecule has 0 aliphatic heterocycles. The van der Waals surface area contributed by atoms with Crippen molar-refractivity contribution in [2.45, 2.75) is 18.2 Å². The van der Waals surface area contributed by atoms with Crippen LogP contribution in [0.4, 0.5) is 0 Å². The summed E-state index contributed by atoms with van der Waals surface area (Å²) < 4.78 is 24.8. The molecule has 0 spiro atoms. The summed E-state index contributed by atoms with van der Waals surface area (Å²) in [6.07, 6.45) is 4.54. The third kappa shape index (κ3) is 2.41. The van der Waals surface area contributed by atoms with Crippen LogP contribution in [0.15, 0.2) is 41.6 Å². The number of H-pyrrole nitrogens is 1. The highest BCUT2D eigenvalue weighted by molar-refractivity contribution is 7.89. The Labute approximate surface area is 144 Å². The monoisotopic (exact) mass is 355 g/mol. The van der Waals surface area contributed by atoms with Crippen LogP contribution in [0.25, 0.3) is 33.2 Å². The molecule has 8 heteroatoms. The lowest BCUT2D eigenvalue weighted by molar-refractivity contribution is 0.598. The topological polar surface area (TPSA) is 107 Å². The van der Waals surface area contributed by atoms with Crippen molar-refractivity contribution in [3.63, 3.8) is 0 Å². The maximum atomic E-state index is 11.4. The van der Waals surface area contributed by atoms with Crippen molar-refractivity contribution in [2.24, 2.45) is 12.2 Å². The zero-order valence-electron chi connectivity index (χ0n) is 13.8. The molecule has 0 saturated heterocycles. The molecule has 0 saturated carbocycles. The number of fused-ring (bicyclic) bond motifs is 3. The van der Waals surface area contributed by atoms with Crippen LogP contribution >= 0.6 is 0 Å². The molecule has 4 aromatic rings. The first-order valence-electron chi connectivity index (χ1n) is 7.84. The Morgan fingerprint density at radius 2 is 1.84 bits per heavy atom. The number of aryl methyl sites for hydroxylation is 2. The summed E-state index contributed by atoms with van der Waals surface area (Å²) >= 11 is 0. The summed E-state index contributed by atoms with van der Waals surface area (Å²) in [5, 5.41) is 10.5. The van der Waals surface area contributed by atoms with Crippen molar-refractivity contribution >= 4 is 32.0 Å². The largest absolute Gasteiger partial charge is 0.297 e. The van der Waals surface area contributed by atoms with E-state index in [2.05, 4.69) is 22.0 Å². The molecule has 3 heterocycles. The van der Waals surface area contributed by atoms with Crippen molar-refractivity contribution in [1.82, 2.24) is 19.7 Å². The molecule has 128 valence electrons. The van der Waals surface area contributed by atoms with Crippen molar-refractivity contribution < 1.29 is 8.42 Å². The van der Waals surface area contributed by atoms with Crippen LogP contribution in [0.3, 0.4) is 0 Å². The average molecular weight is 355 g/mol. The minimum absolute atomic E-state index is 0.0884. The zero-order chi connectivity index (χ0) is 17.8. The Morgan fingerprint density at radius 3 is 2.48 bits per heavy atom. The maximum absolute atomic E-state index is 11.4. The van der Waals surface area contributed by atoms with Crippen LogP contribution < -0.4 is 5.14 Å². The number of hydrogen-bond donors (Lipinski definition) is 2. The van der Waals surface area contributed by atoms with Crippen LogP contribution in [-0.2, 0) is 23.5 Å². The van der Waals surface area contributed by atoms with E-state index in [9.17, 15) is 8.42 Å². The van der Waals surface area contributed by atoms with E-state index in [1.807, 2.05) is 17.9 Å². The van der Waals surface area contributed by atoms with E-state index < -0.39 is 10.0 Å². The Morgan fingerprint density at radius 1 is 1.16 bits per heavy atom. The number of pyridine rings is 1. The lowest BCUT2D eigenvalue weighted by Gasteiger charge is -2.02. The van der Waals surface area contributed by atoms with Crippen LogP contribution in [0.1, 0.15) is 12.5 Å². The molecule has 0 radical (unpaired) electrons. The van der Waals surface area contributed by atoms with Crippen LogP contribution in [0, 0.1) is 0 Å². The van der Waals surface area contributed by atoms with Crippen molar-refractivity contribution in [3.8, 4) is 11.3 Å². The van der Waals surface area contributed by atoms with Crippen molar-refractivity contribution in [3.05, 3.63) is 42.2 Å². The molecule has 0 aliphatic carbocycles. The summed E-state index contributed by atoms with van der Waals surface area (Å²) in [5.41, 5.74) is 4.65. The van der Waals surface area contributed by atoms with Gasteiger partial charge >= 0.3 is 0 Å². The number of primary sulfonamides is 1. The standard InChI is InChI=1S/C17H17N5O2S/c1-3-10-8-19-17-14(10)16-13(9-20-17)15(21-22(16)2)11-4-6-12(7-5-11)25(18,23)24/h4-9,21H,3H2,1-2H3,(H2,18,23,24). The van der Waals surface area contributed by atoms with Gasteiger partial charge in [-0.05, 0) is 24.1 Å². The molecule has 0 atom stereocenters. The van der Waals surface area contributed by atoms with Crippen LogP contribution in [0.5, 0.6) is 0 Å². The predicted molar refractivity (Wildman–Crippen MR) is 96.6 cm³/mol. The molecule has 7 nitrogen and oxygen atoms in total. The van der Waals surface area contributed by atoms with Gasteiger partial charge in [-0.3, -0.25) is 9.78 Å². The lowest BCUT2D eigenvalue weighted by Crippen LogP contribution is -2.11. The average Bonchev–Trinajstić information content (AvgIpc) is 3.15. The smallest absolute Gasteiger partial charge is 0.238 e. The molecule has 25 heavy (non-hydrogen) atoms. The second-order valence-electron chi connectivity index (χ2n) is 5.97. The minimum atomic E-state index is -3.71. The van der Waals surface area contributed by atoms with Crippen LogP contribution in [-0.4, -0.2) is 28.2 Å². The molecular formula is C17H17N5O2S. The van der Waals surface area contributed by atoms with Gasteiger partial charge in [0.25, 0.3) is 0 Å². The number of aromatic amines is 1. The zero-order valence-corrected chi connectivity index (χ0v) is 14.6. The molecule has 1 aromatic carbocycles. The second kappa shape index (κ2) is 5.40. The molecule has 3 N–H and O–H groups in total. The summed E-state index contributed by atoms with van der Waals surface area (Å²) in [5.74, 6) is 0. The fraction of sp³-hybridized carbons (Fsp3) is 0.176. The van der Waals surface area contributed by atoms with E-state index in [4.69, 9.17) is 5.14 Å². The second-order valence-corrected chi connectivity index (χ2v) is 7.53. The molecule has 4 rings (SSSR count). The Kier molecular flexibility index (Phi) is 3.41. The summed E-state index contributed by atoms with van der Waals surface area (Å²) in [4.78, 5) is 8.94. The normalized spacial score (nSPS) is 12.3. The van der Waals surface area contributed by atoms with Gasteiger partial charge < -0.3 is 0 Å². The van der Waals surface area contributed by atoms with Gasteiger partial charge in [-0.15, -0.1) is 0 Å². The van der Waals surface area contributed by atoms with Gasteiger partial charge in [0, 0.05) is 35.8 Å². The quantitative estimate of drug-likeness (QED) is 0.588. The number of nitrogens with zero attached hydrogens (tertiary/aromatic N) is 3. The van der Waals surface area contributed by atoms with Gasteiger partial charge in [-0.1, -0.05) is 19.1 Å². The van der Waals surface area contributed by atoms with E-state index in [-0.39, 0.29) is 4.90 Å². The van der Waals surface area contributed by atoms with E-state index in [0.717, 1.165) is 45.2 Å². The first-order valence-corrected chi connectivity index (χ1v) is 9.39. The van der Waals surface area contributed by atoms with Gasteiger partial charge in [0.05, 0.1) is 16.1 Å².